The lowest BCUT2D eigenvalue weighted by atomic mass is 10.0. The van der Waals surface area contributed by atoms with Gasteiger partial charge in [-0.2, -0.15) is 0 Å². The minimum atomic E-state index is -0.178. The lowest BCUT2D eigenvalue weighted by Gasteiger charge is -2.17. The summed E-state index contributed by atoms with van der Waals surface area (Å²) in [7, 11) is 1.59. The lowest BCUT2D eigenvalue weighted by molar-refractivity contribution is 0.0962. The predicted molar refractivity (Wildman–Crippen MR) is 88.4 cm³/mol. The Kier molecular flexibility index (Phi) is 4.77. The molecule has 5 nitrogen and oxygen atoms in total. The maximum atomic E-state index is 12.1. The third-order valence-corrected chi connectivity index (χ3v) is 5.22. The molecule has 1 amide bonds. The Morgan fingerprint density at radius 2 is 2.14 bits per heavy atom. The van der Waals surface area contributed by atoms with E-state index >= 15 is 0 Å². The molecule has 2 atom stereocenters. The highest BCUT2D eigenvalue weighted by Gasteiger charge is 2.32. The SMILES string of the molecule is C=CCNC(=O)c1sc(N2CC(C)C(C)C2)c(OC)c1N. The van der Waals surface area contributed by atoms with Gasteiger partial charge in [-0.1, -0.05) is 19.9 Å². The van der Waals surface area contributed by atoms with Crippen LogP contribution < -0.4 is 20.7 Å². The second kappa shape index (κ2) is 6.39. The summed E-state index contributed by atoms with van der Waals surface area (Å²) in [5.41, 5.74) is 6.52. The molecule has 3 N–H and O–H groups in total. The first-order chi connectivity index (χ1) is 9.99. The first kappa shape index (κ1) is 15.7. The smallest absolute Gasteiger partial charge is 0.263 e. The molecule has 0 radical (unpaired) electrons. The second-order valence-electron chi connectivity index (χ2n) is 5.54. The molecular formula is C15H23N3O2S. The first-order valence-corrected chi connectivity index (χ1v) is 7.91. The van der Waals surface area contributed by atoms with Crippen LogP contribution in [-0.4, -0.2) is 32.7 Å². The normalized spacial score (nSPS) is 21.4. The molecule has 0 aromatic carbocycles. The van der Waals surface area contributed by atoms with Crippen molar-refractivity contribution >= 4 is 27.9 Å². The summed E-state index contributed by atoms with van der Waals surface area (Å²) >= 11 is 1.40. The lowest BCUT2D eigenvalue weighted by Crippen LogP contribution is -2.23. The molecule has 1 saturated heterocycles. The van der Waals surface area contributed by atoms with Gasteiger partial charge >= 0.3 is 0 Å². The molecule has 1 aliphatic heterocycles. The van der Waals surface area contributed by atoms with Crippen molar-refractivity contribution in [1.29, 1.82) is 0 Å². The van der Waals surface area contributed by atoms with Gasteiger partial charge in [0.2, 0.25) is 0 Å². The van der Waals surface area contributed by atoms with Gasteiger partial charge in [-0.3, -0.25) is 4.79 Å². The summed E-state index contributed by atoms with van der Waals surface area (Å²) in [5, 5.41) is 3.72. The van der Waals surface area contributed by atoms with Crippen molar-refractivity contribution in [3.8, 4) is 5.75 Å². The number of carbonyl (C=O) groups is 1. The quantitative estimate of drug-likeness (QED) is 0.819. The highest BCUT2D eigenvalue weighted by molar-refractivity contribution is 7.19. The summed E-state index contributed by atoms with van der Waals surface area (Å²) in [6, 6.07) is 0. The van der Waals surface area contributed by atoms with Crippen molar-refractivity contribution < 1.29 is 9.53 Å². The number of ether oxygens (including phenoxy) is 1. The number of carbonyl (C=O) groups excluding carboxylic acids is 1. The van der Waals surface area contributed by atoms with Crippen LogP contribution in [0.2, 0.25) is 0 Å². The van der Waals surface area contributed by atoms with Gasteiger partial charge in [-0.25, -0.2) is 0 Å². The maximum absolute atomic E-state index is 12.1. The van der Waals surface area contributed by atoms with Crippen LogP contribution in [0.15, 0.2) is 12.7 Å². The number of rotatable bonds is 5. The Hall–Kier alpha value is -1.69. The highest BCUT2D eigenvalue weighted by Crippen LogP contribution is 2.46. The summed E-state index contributed by atoms with van der Waals surface area (Å²) < 4.78 is 5.44. The molecule has 0 spiro atoms. The van der Waals surface area contributed by atoms with E-state index in [-0.39, 0.29) is 5.91 Å². The van der Waals surface area contributed by atoms with Gasteiger partial charge in [-0.05, 0) is 11.8 Å². The van der Waals surface area contributed by atoms with E-state index < -0.39 is 0 Å². The number of nitrogen functional groups attached to an aromatic ring is 1. The standard InChI is InChI=1S/C15H23N3O2S/c1-5-6-17-14(19)13-11(16)12(20-4)15(21-13)18-7-9(2)10(3)8-18/h5,9-10H,1,6-8,16H2,2-4H3,(H,17,19). The molecule has 116 valence electrons. The molecule has 1 aromatic heterocycles. The fourth-order valence-corrected chi connectivity index (χ4v) is 3.66. The van der Waals surface area contributed by atoms with Crippen LogP contribution in [0.1, 0.15) is 23.5 Å². The van der Waals surface area contributed by atoms with Crippen molar-refractivity contribution in [2.75, 3.05) is 37.4 Å². The van der Waals surface area contributed by atoms with Crippen molar-refractivity contribution in [2.45, 2.75) is 13.8 Å². The van der Waals surface area contributed by atoms with Crippen LogP contribution >= 0.6 is 11.3 Å². The number of anilines is 2. The zero-order chi connectivity index (χ0) is 15.6. The minimum absolute atomic E-state index is 0.178. The molecule has 2 unspecified atom stereocenters. The molecule has 0 bridgehead atoms. The van der Waals surface area contributed by atoms with E-state index in [9.17, 15) is 4.79 Å². The number of amides is 1. The van der Waals surface area contributed by atoms with Gasteiger partial charge in [0.05, 0.1) is 7.11 Å². The van der Waals surface area contributed by atoms with Crippen molar-refractivity contribution in [1.82, 2.24) is 5.32 Å². The van der Waals surface area contributed by atoms with Crippen LogP contribution in [0.4, 0.5) is 10.7 Å². The van der Waals surface area contributed by atoms with E-state index in [0.29, 0.717) is 34.7 Å². The Labute approximate surface area is 129 Å². The van der Waals surface area contributed by atoms with Crippen LogP contribution in [0.25, 0.3) is 0 Å². The van der Waals surface area contributed by atoms with Crippen molar-refractivity contribution in [3.63, 3.8) is 0 Å². The first-order valence-electron chi connectivity index (χ1n) is 7.09. The summed E-state index contributed by atoms with van der Waals surface area (Å²) in [6.45, 7) is 10.4. The fraction of sp³-hybridized carbons (Fsp3) is 0.533. The monoisotopic (exact) mass is 309 g/mol. The average Bonchev–Trinajstić information content (AvgIpc) is 2.96. The second-order valence-corrected chi connectivity index (χ2v) is 6.54. The van der Waals surface area contributed by atoms with Crippen molar-refractivity contribution in [2.24, 2.45) is 11.8 Å². The van der Waals surface area contributed by atoms with E-state index in [2.05, 4.69) is 30.6 Å². The third kappa shape index (κ3) is 3.00. The van der Waals surface area contributed by atoms with Gasteiger partial charge in [-0.15, -0.1) is 17.9 Å². The van der Waals surface area contributed by atoms with E-state index in [1.807, 2.05) is 0 Å². The van der Waals surface area contributed by atoms with Crippen molar-refractivity contribution in [3.05, 3.63) is 17.5 Å². The largest absolute Gasteiger partial charge is 0.492 e. The van der Waals surface area contributed by atoms with E-state index in [1.165, 1.54) is 11.3 Å². The number of hydrogen-bond acceptors (Lipinski definition) is 5. The van der Waals surface area contributed by atoms with Gasteiger partial charge in [0.25, 0.3) is 5.91 Å². The number of nitrogens with two attached hydrogens (primary N) is 1. The minimum Gasteiger partial charge on any atom is -0.492 e. The van der Waals surface area contributed by atoms with Crippen LogP contribution in [0.3, 0.4) is 0 Å². The molecule has 1 aliphatic rings. The van der Waals surface area contributed by atoms with E-state index in [1.54, 1.807) is 13.2 Å². The molecule has 2 heterocycles. The number of methoxy groups -OCH3 is 1. The molecule has 21 heavy (non-hydrogen) atoms. The number of nitrogens with one attached hydrogen (secondary N) is 1. The maximum Gasteiger partial charge on any atom is 0.263 e. The van der Waals surface area contributed by atoms with Gasteiger partial charge in [0.1, 0.15) is 15.6 Å². The number of thiophene rings is 1. The number of hydrogen-bond donors (Lipinski definition) is 2. The molecule has 0 saturated carbocycles. The van der Waals surface area contributed by atoms with Crippen LogP contribution in [0, 0.1) is 11.8 Å². The third-order valence-electron chi connectivity index (χ3n) is 3.97. The molecule has 6 heteroatoms. The van der Waals surface area contributed by atoms with E-state index in [0.717, 1.165) is 18.1 Å². The topological polar surface area (TPSA) is 67.6 Å². The van der Waals surface area contributed by atoms with Crippen LogP contribution in [0.5, 0.6) is 5.75 Å². The summed E-state index contributed by atoms with van der Waals surface area (Å²) in [6.07, 6.45) is 1.64. The zero-order valence-electron chi connectivity index (χ0n) is 12.8. The summed E-state index contributed by atoms with van der Waals surface area (Å²) in [4.78, 5) is 14.9. The zero-order valence-corrected chi connectivity index (χ0v) is 13.6. The Balaban J connectivity index is 2.30. The molecule has 1 aromatic rings. The molecule has 1 fully saturated rings. The molecule has 0 aliphatic carbocycles. The number of nitrogens with zero attached hydrogens (tertiary/aromatic N) is 1. The van der Waals surface area contributed by atoms with Crippen LogP contribution in [-0.2, 0) is 0 Å². The van der Waals surface area contributed by atoms with E-state index in [4.69, 9.17) is 10.5 Å². The molecule has 2 rings (SSSR count). The Morgan fingerprint density at radius 1 is 1.52 bits per heavy atom. The highest BCUT2D eigenvalue weighted by atomic mass is 32.1. The van der Waals surface area contributed by atoms with Gasteiger partial charge in [0.15, 0.2) is 5.75 Å². The fourth-order valence-electron chi connectivity index (χ4n) is 2.53. The predicted octanol–water partition coefficient (Wildman–Crippen LogP) is 2.35. The van der Waals surface area contributed by atoms with Gasteiger partial charge < -0.3 is 20.7 Å². The average molecular weight is 309 g/mol. The Bertz CT molecular complexity index is 531. The Morgan fingerprint density at radius 3 is 2.67 bits per heavy atom. The summed E-state index contributed by atoms with van der Waals surface area (Å²) in [5.74, 6) is 1.68. The molecular weight excluding hydrogens is 286 g/mol. The van der Waals surface area contributed by atoms with Gasteiger partial charge in [0, 0.05) is 19.6 Å².